The van der Waals surface area contributed by atoms with Crippen molar-refractivity contribution in [3.63, 3.8) is 0 Å². The average Bonchev–Trinajstić information content (AvgIpc) is 3.61. The molecule has 5 aromatic carbocycles. The van der Waals surface area contributed by atoms with Crippen molar-refractivity contribution in [3.05, 3.63) is 120 Å². The Morgan fingerprint density at radius 2 is 1.20 bits per heavy atom. The quantitative estimate of drug-likeness (QED) is 0.182. The highest BCUT2D eigenvalue weighted by Gasteiger charge is 2.21. The lowest BCUT2D eigenvalue weighted by molar-refractivity contribution is 0.568. The minimum Gasteiger partial charge on any atom is -0.256 e. The largest absolute Gasteiger partial charge is 0.256 e. The number of nitrogens with zero attached hydrogens (tertiary/aromatic N) is 2. The number of fused-ring (bicyclic) bond motifs is 4. The van der Waals surface area contributed by atoms with E-state index in [0.717, 1.165) is 27.3 Å². The Hall–Kier alpha value is -4.12. The fourth-order valence-electron chi connectivity index (χ4n) is 5.74. The zero-order valence-corrected chi connectivity index (χ0v) is 27.7. The van der Waals surface area contributed by atoms with Crippen LogP contribution >= 0.6 is 22.7 Å². The van der Waals surface area contributed by atoms with Gasteiger partial charge in [-0.25, -0.2) is 4.98 Å². The summed E-state index contributed by atoms with van der Waals surface area (Å²) in [5, 5.41) is 3.61. The van der Waals surface area contributed by atoms with Crippen molar-refractivity contribution in [1.82, 2.24) is 4.98 Å². The van der Waals surface area contributed by atoms with Crippen LogP contribution in [-0.2, 0) is 10.8 Å². The molecular weight excluding hydrogens is 573 g/mol. The molecule has 0 aliphatic rings. The molecule has 0 fully saturated rings. The molecule has 2 nitrogen and oxygen atoms in total. The maximum absolute atomic E-state index is 5.28. The number of rotatable bonds is 4. The molecule has 0 unspecified atom stereocenters. The molecule has 218 valence electrons. The molecule has 2 heterocycles. The Morgan fingerprint density at radius 1 is 0.591 bits per heavy atom. The smallest absolute Gasteiger partial charge is 0.126 e. The van der Waals surface area contributed by atoms with E-state index in [4.69, 9.17) is 9.98 Å². The third-order valence-electron chi connectivity index (χ3n) is 8.29. The van der Waals surface area contributed by atoms with Crippen molar-refractivity contribution < 1.29 is 0 Å². The van der Waals surface area contributed by atoms with Gasteiger partial charge < -0.3 is 0 Å². The highest BCUT2D eigenvalue weighted by Crippen LogP contribution is 2.44. The van der Waals surface area contributed by atoms with Crippen molar-refractivity contribution in [3.8, 4) is 21.7 Å². The highest BCUT2D eigenvalue weighted by molar-refractivity contribution is 7.26. The van der Waals surface area contributed by atoms with E-state index in [9.17, 15) is 0 Å². The predicted molar refractivity (Wildman–Crippen MR) is 194 cm³/mol. The van der Waals surface area contributed by atoms with E-state index in [1.54, 1.807) is 11.3 Å². The first-order chi connectivity index (χ1) is 21.1. The van der Waals surface area contributed by atoms with Crippen LogP contribution in [-0.4, -0.2) is 11.2 Å². The molecule has 0 aliphatic heterocycles. The summed E-state index contributed by atoms with van der Waals surface area (Å²) < 4.78 is 3.81. The van der Waals surface area contributed by atoms with E-state index in [0.29, 0.717) is 0 Å². The monoisotopic (exact) mass is 608 g/mol. The molecular formula is C40H36N2S2. The third-order valence-corrected chi connectivity index (χ3v) is 10.6. The first kappa shape index (κ1) is 28.6. The van der Waals surface area contributed by atoms with Crippen LogP contribution < -0.4 is 0 Å². The Labute approximate surface area is 267 Å². The number of aliphatic imine (C=N–C) groups is 1. The molecule has 0 bridgehead atoms. The number of benzene rings is 5. The second-order valence-corrected chi connectivity index (χ2v) is 15.7. The van der Waals surface area contributed by atoms with Crippen LogP contribution in [0.4, 0.5) is 5.69 Å². The van der Waals surface area contributed by atoms with Crippen molar-refractivity contribution in [1.29, 1.82) is 0 Å². The van der Waals surface area contributed by atoms with Crippen LogP contribution in [0.15, 0.2) is 108 Å². The van der Waals surface area contributed by atoms with Crippen molar-refractivity contribution in [2.24, 2.45) is 4.99 Å². The van der Waals surface area contributed by atoms with Gasteiger partial charge in [0.05, 0.1) is 15.9 Å². The Morgan fingerprint density at radius 3 is 1.98 bits per heavy atom. The zero-order valence-electron chi connectivity index (χ0n) is 26.1. The van der Waals surface area contributed by atoms with E-state index in [1.165, 1.54) is 47.1 Å². The summed E-state index contributed by atoms with van der Waals surface area (Å²) in [7, 11) is 0. The van der Waals surface area contributed by atoms with E-state index >= 15 is 0 Å². The molecule has 0 radical (unpaired) electrons. The van der Waals surface area contributed by atoms with Gasteiger partial charge >= 0.3 is 0 Å². The lowest BCUT2D eigenvalue weighted by atomic mass is 9.79. The second-order valence-electron chi connectivity index (χ2n) is 13.6. The molecule has 7 aromatic rings. The molecule has 7 rings (SSSR count). The Kier molecular flexibility index (Phi) is 7.03. The number of thiophene rings is 1. The lowest BCUT2D eigenvalue weighted by Crippen LogP contribution is -2.17. The van der Waals surface area contributed by atoms with E-state index in [-0.39, 0.29) is 10.8 Å². The maximum atomic E-state index is 5.28. The molecule has 0 aliphatic carbocycles. The maximum Gasteiger partial charge on any atom is 0.126 e. The number of aromatic nitrogens is 1. The van der Waals surface area contributed by atoms with Crippen molar-refractivity contribution in [2.75, 3.05) is 0 Å². The summed E-state index contributed by atoms with van der Waals surface area (Å²) in [5.74, 6) is 0. The molecule has 2 aromatic heterocycles. The van der Waals surface area contributed by atoms with Gasteiger partial charge in [0, 0.05) is 43.1 Å². The summed E-state index contributed by atoms with van der Waals surface area (Å²) in [6.45, 7) is 13.6. The number of hydrogen-bond donors (Lipinski definition) is 0. The Bertz CT molecular complexity index is 2170. The summed E-state index contributed by atoms with van der Waals surface area (Å²) >= 11 is 3.60. The number of thiazole rings is 1. The molecule has 4 heteroatoms. The van der Waals surface area contributed by atoms with E-state index in [1.807, 2.05) is 17.6 Å². The van der Waals surface area contributed by atoms with Crippen molar-refractivity contribution in [2.45, 2.75) is 52.4 Å². The first-order valence-electron chi connectivity index (χ1n) is 15.2. The van der Waals surface area contributed by atoms with Gasteiger partial charge in [-0.1, -0.05) is 108 Å². The van der Waals surface area contributed by atoms with Crippen LogP contribution in [0.2, 0.25) is 0 Å². The molecule has 44 heavy (non-hydrogen) atoms. The van der Waals surface area contributed by atoms with Gasteiger partial charge in [-0.3, -0.25) is 4.99 Å². The van der Waals surface area contributed by atoms with Crippen molar-refractivity contribution >= 4 is 65.0 Å². The van der Waals surface area contributed by atoms with Crippen LogP contribution in [0.3, 0.4) is 0 Å². The van der Waals surface area contributed by atoms with Gasteiger partial charge in [0.1, 0.15) is 5.01 Å². The molecule has 0 amide bonds. The van der Waals surface area contributed by atoms with Crippen LogP contribution in [0.25, 0.3) is 52.1 Å². The van der Waals surface area contributed by atoms with Gasteiger partial charge in [0.2, 0.25) is 0 Å². The summed E-state index contributed by atoms with van der Waals surface area (Å²) in [6, 6.07) is 37.2. The van der Waals surface area contributed by atoms with Gasteiger partial charge in [-0.05, 0) is 63.9 Å². The number of hydrogen-bond acceptors (Lipinski definition) is 4. The normalized spacial score (nSPS) is 12.7. The van der Waals surface area contributed by atoms with Crippen LogP contribution in [0.5, 0.6) is 0 Å². The fourth-order valence-corrected chi connectivity index (χ4v) is 8.00. The highest BCUT2D eigenvalue weighted by atomic mass is 32.1. The predicted octanol–water partition coefficient (Wildman–Crippen LogP) is 12.3. The molecule has 0 atom stereocenters. The average molecular weight is 609 g/mol. The molecule has 0 saturated heterocycles. The fraction of sp³-hybridized carbons (Fsp3) is 0.200. The standard InChI is InChI=1S/C40H36N2S2/c1-39(2,3)26-21-25(22-27(23-26)40(4,5)6)24-41-33-18-9-7-14-32(33)38-42-36-29(15-12-20-35(36)44-38)31-17-11-16-30-28-13-8-10-19-34(28)43-37(30)31/h7-24H,1-6H3. The van der Waals surface area contributed by atoms with E-state index in [2.05, 4.69) is 145 Å². The summed E-state index contributed by atoms with van der Waals surface area (Å²) in [4.78, 5) is 10.3. The Balaban J connectivity index is 1.32. The van der Waals surface area contributed by atoms with Gasteiger partial charge in [-0.2, -0.15) is 0 Å². The minimum atomic E-state index is 0.0562. The first-order valence-corrected chi connectivity index (χ1v) is 16.8. The zero-order chi connectivity index (χ0) is 30.6. The lowest BCUT2D eigenvalue weighted by Gasteiger charge is -2.25. The van der Waals surface area contributed by atoms with Crippen LogP contribution in [0.1, 0.15) is 58.2 Å². The van der Waals surface area contributed by atoms with Gasteiger partial charge in [0.15, 0.2) is 0 Å². The van der Waals surface area contributed by atoms with Gasteiger partial charge in [-0.15, -0.1) is 22.7 Å². The van der Waals surface area contributed by atoms with E-state index < -0.39 is 0 Å². The SMILES string of the molecule is CC(C)(C)c1cc(C=Nc2ccccc2-c2nc3c(-c4cccc5c4sc4ccccc45)cccc3s2)cc(C(C)(C)C)c1. The molecule has 0 N–H and O–H groups in total. The summed E-state index contributed by atoms with van der Waals surface area (Å²) in [5.41, 5.74) is 9.34. The number of para-hydroxylation sites is 2. The molecule has 0 spiro atoms. The molecule has 0 saturated carbocycles. The third kappa shape index (κ3) is 5.27. The summed E-state index contributed by atoms with van der Waals surface area (Å²) in [6.07, 6.45) is 2.02. The van der Waals surface area contributed by atoms with Gasteiger partial charge in [0.25, 0.3) is 0 Å². The van der Waals surface area contributed by atoms with Crippen LogP contribution in [0, 0.1) is 0 Å². The second kappa shape index (κ2) is 10.8. The topological polar surface area (TPSA) is 25.2 Å². The minimum absolute atomic E-state index is 0.0562.